The first-order chi connectivity index (χ1) is 13.0. The number of halogens is 2. The van der Waals surface area contributed by atoms with Gasteiger partial charge in [-0.25, -0.2) is 0 Å². The number of carbonyl (C=O) groups is 1. The van der Waals surface area contributed by atoms with E-state index in [1.807, 2.05) is 31.2 Å². The van der Waals surface area contributed by atoms with Crippen LogP contribution in [0.3, 0.4) is 0 Å². The minimum atomic E-state index is -1.44. The van der Waals surface area contributed by atoms with Gasteiger partial charge in [0.1, 0.15) is 12.4 Å². The minimum Gasteiger partial charge on any atom is -0.492 e. The average molecular weight is 408 g/mol. The number of fused-ring (bicyclic) bond motifs is 2. The molecular weight excluding hydrogens is 389 g/mol. The highest BCUT2D eigenvalue weighted by Crippen LogP contribution is 2.50. The van der Waals surface area contributed by atoms with Gasteiger partial charge in [-0.15, -0.1) is 0 Å². The molecule has 0 aliphatic carbocycles. The Labute approximate surface area is 167 Å². The predicted octanol–water partition coefficient (Wildman–Crippen LogP) is 4.32. The van der Waals surface area contributed by atoms with Gasteiger partial charge in [-0.2, -0.15) is 0 Å². The van der Waals surface area contributed by atoms with Gasteiger partial charge in [-0.05, 0) is 43.2 Å². The van der Waals surface area contributed by atoms with E-state index < -0.39 is 5.79 Å². The Hall–Kier alpha value is -1.79. The van der Waals surface area contributed by atoms with Gasteiger partial charge < -0.3 is 19.1 Å². The maximum Gasteiger partial charge on any atom is 0.292 e. The van der Waals surface area contributed by atoms with Gasteiger partial charge in [0.2, 0.25) is 0 Å². The second kappa shape index (κ2) is 7.32. The molecule has 5 nitrogen and oxygen atoms in total. The number of hydrogen-bond donors (Lipinski definition) is 0. The van der Waals surface area contributed by atoms with E-state index >= 15 is 0 Å². The summed E-state index contributed by atoms with van der Waals surface area (Å²) >= 11 is 12.6. The van der Waals surface area contributed by atoms with Gasteiger partial charge in [0.25, 0.3) is 11.7 Å². The fourth-order valence-electron chi connectivity index (χ4n) is 3.45. The fourth-order valence-corrected chi connectivity index (χ4v) is 3.87. The van der Waals surface area contributed by atoms with Crippen molar-refractivity contribution < 1.29 is 19.0 Å². The Bertz CT molecular complexity index is 880. The molecule has 0 saturated carbocycles. The van der Waals surface area contributed by atoms with Crippen molar-refractivity contribution in [2.24, 2.45) is 0 Å². The molecule has 0 aromatic heterocycles. The number of carbonyl (C=O) groups excluding carboxylic acids is 1. The number of benzene rings is 2. The zero-order chi connectivity index (χ0) is 19.0. The number of ether oxygens (including phenoxy) is 3. The van der Waals surface area contributed by atoms with Crippen molar-refractivity contribution in [1.29, 1.82) is 0 Å². The molecule has 0 radical (unpaired) electrons. The lowest BCUT2D eigenvalue weighted by atomic mass is 10.1. The van der Waals surface area contributed by atoms with Crippen LogP contribution in [0.1, 0.15) is 17.5 Å². The molecule has 0 N–H and O–H groups in total. The highest BCUT2D eigenvalue weighted by molar-refractivity contribution is 6.44. The smallest absolute Gasteiger partial charge is 0.292 e. The molecular formula is C20H19Cl2NO4. The molecule has 4 rings (SSSR count). The van der Waals surface area contributed by atoms with Crippen LogP contribution in [0.5, 0.6) is 5.75 Å². The summed E-state index contributed by atoms with van der Waals surface area (Å²) in [6, 6.07) is 11.1. The summed E-state index contributed by atoms with van der Waals surface area (Å²) in [6.45, 7) is 3.48. The highest BCUT2D eigenvalue weighted by Gasteiger charge is 2.55. The third-order valence-electron chi connectivity index (χ3n) is 4.69. The summed E-state index contributed by atoms with van der Waals surface area (Å²) in [7, 11) is 0. The fraction of sp³-hybridized carbons (Fsp3) is 0.350. The van der Waals surface area contributed by atoms with Crippen LogP contribution < -0.4 is 9.64 Å². The van der Waals surface area contributed by atoms with E-state index in [0.717, 1.165) is 17.7 Å². The first-order valence-corrected chi connectivity index (χ1v) is 9.56. The summed E-state index contributed by atoms with van der Waals surface area (Å²) in [5, 5.41) is 0.688. The molecule has 2 aliphatic heterocycles. The van der Waals surface area contributed by atoms with Gasteiger partial charge in [0.15, 0.2) is 0 Å². The Morgan fingerprint density at radius 1 is 1.19 bits per heavy atom. The van der Waals surface area contributed by atoms with Crippen molar-refractivity contribution in [3.8, 4) is 5.75 Å². The molecule has 2 aromatic rings. The molecule has 0 atom stereocenters. The largest absolute Gasteiger partial charge is 0.492 e. The van der Waals surface area contributed by atoms with E-state index in [-0.39, 0.29) is 5.91 Å². The number of aryl methyl sites for hydroxylation is 1. The van der Waals surface area contributed by atoms with Crippen LogP contribution in [0.25, 0.3) is 0 Å². The van der Waals surface area contributed by atoms with Crippen molar-refractivity contribution >= 4 is 34.8 Å². The summed E-state index contributed by atoms with van der Waals surface area (Å²) in [5.74, 6) is -0.987. The molecule has 1 fully saturated rings. The van der Waals surface area contributed by atoms with Gasteiger partial charge in [0.05, 0.1) is 35.5 Å². The van der Waals surface area contributed by atoms with E-state index in [0.29, 0.717) is 47.7 Å². The zero-order valence-corrected chi connectivity index (χ0v) is 16.3. The maximum atomic E-state index is 13.2. The second-order valence-electron chi connectivity index (χ2n) is 6.55. The summed E-state index contributed by atoms with van der Waals surface area (Å²) < 4.78 is 17.4. The summed E-state index contributed by atoms with van der Waals surface area (Å²) in [4.78, 5) is 14.8. The Kier molecular flexibility index (Phi) is 5.03. The van der Waals surface area contributed by atoms with E-state index in [2.05, 4.69) is 0 Å². The Balaban J connectivity index is 1.61. The standard InChI is InChI=1S/C20H19Cl2NO4/c1-13-4-2-5-14(12-13)25-11-8-23-18-15(6-7-16(21)17(18)22)20(19(23)24)26-9-3-10-27-20/h2,4-7,12H,3,8-11H2,1H3. The average Bonchev–Trinajstić information content (AvgIpc) is 2.88. The third-order valence-corrected chi connectivity index (χ3v) is 5.49. The molecule has 2 heterocycles. The molecule has 7 heteroatoms. The molecule has 1 amide bonds. The predicted molar refractivity (Wildman–Crippen MR) is 104 cm³/mol. The van der Waals surface area contributed by atoms with E-state index in [4.69, 9.17) is 37.4 Å². The van der Waals surface area contributed by atoms with Crippen molar-refractivity contribution in [2.75, 3.05) is 31.3 Å². The van der Waals surface area contributed by atoms with Gasteiger partial charge >= 0.3 is 0 Å². The quantitative estimate of drug-likeness (QED) is 0.756. The van der Waals surface area contributed by atoms with Gasteiger partial charge in [-0.3, -0.25) is 4.79 Å². The van der Waals surface area contributed by atoms with Crippen LogP contribution in [0.4, 0.5) is 5.69 Å². The van der Waals surface area contributed by atoms with Gasteiger partial charge in [-0.1, -0.05) is 35.3 Å². The number of amides is 1. The third kappa shape index (κ3) is 3.19. The number of nitrogens with zero attached hydrogens (tertiary/aromatic N) is 1. The summed E-state index contributed by atoms with van der Waals surface area (Å²) in [5.41, 5.74) is 2.23. The van der Waals surface area contributed by atoms with Crippen LogP contribution in [0, 0.1) is 6.92 Å². The van der Waals surface area contributed by atoms with Crippen LogP contribution in [-0.2, 0) is 20.1 Å². The molecule has 1 saturated heterocycles. The normalized spacial score (nSPS) is 18.0. The molecule has 2 aliphatic rings. The molecule has 1 spiro atoms. The lowest BCUT2D eigenvalue weighted by Crippen LogP contribution is -2.48. The molecule has 0 bridgehead atoms. The van der Waals surface area contributed by atoms with Crippen LogP contribution in [-0.4, -0.2) is 32.3 Å². The SMILES string of the molecule is Cc1cccc(OCCN2C(=O)C3(OCCCO3)c3ccc(Cl)c(Cl)c32)c1. The topological polar surface area (TPSA) is 48.0 Å². The number of hydrogen-bond acceptors (Lipinski definition) is 4. The lowest BCUT2D eigenvalue weighted by molar-refractivity contribution is -0.256. The number of anilines is 1. The van der Waals surface area contributed by atoms with Gasteiger partial charge in [0, 0.05) is 5.56 Å². The first-order valence-electron chi connectivity index (χ1n) is 8.81. The van der Waals surface area contributed by atoms with Crippen molar-refractivity contribution in [2.45, 2.75) is 19.1 Å². The maximum absolute atomic E-state index is 13.2. The van der Waals surface area contributed by atoms with E-state index in [1.54, 1.807) is 17.0 Å². The van der Waals surface area contributed by atoms with Crippen molar-refractivity contribution in [3.63, 3.8) is 0 Å². The highest BCUT2D eigenvalue weighted by atomic mass is 35.5. The van der Waals surface area contributed by atoms with Crippen LogP contribution in [0.2, 0.25) is 10.0 Å². The van der Waals surface area contributed by atoms with E-state index in [1.165, 1.54) is 0 Å². The Morgan fingerprint density at radius 2 is 1.96 bits per heavy atom. The van der Waals surface area contributed by atoms with E-state index in [9.17, 15) is 4.79 Å². The second-order valence-corrected chi connectivity index (χ2v) is 7.33. The first kappa shape index (κ1) is 18.6. The monoisotopic (exact) mass is 407 g/mol. The van der Waals surface area contributed by atoms with Crippen molar-refractivity contribution in [3.05, 3.63) is 57.6 Å². The van der Waals surface area contributed by atoms with Crippen molar-refractivity contribution in [1.82, 2.24) is 0 Å². The molecule has 142 valence electrons. The number of rotatable bonds is 4. The Morgan fingerprint density at radius 3 is 2.70 bits per heavy atom. The minimum absolute atomic E-state index is 0.297. The molecule has 27 heavy (non-hydrogen) atoms. The summed E-state index contributed by atoms with van der Waals surface area (Å²) in [6.07, 6.45) is 0.738. The molecule has 2 aromatic carbocycles. The lowest BCUT2D eigenvalue weighted by Gasteiger charge is -2.32. The zero-order valence-electron chi connectivity index (χ0n) is 14.8. The van der Waals surface area contributed by atoms with Crippen LogP contribution in [0.15, 0.2) is 36.4 Å². The van der Waals surface area contributed by atoms with Crippen LogP contribution >= 0.6 is 23.2 Å². The molecule has 0 unspecified atom stereocenters.